The third kappa shape index (κ3) is 2.94. The first-order chi connectivity index (χ1) is 11.7. The Morgan fingerprint density at radius 2 is 2.04 bits per heavy atom. The monoisotopic (exact) mass is 329 g/mol. The van der Waals surface area contributed by atoms with Crippen LogP contribution in [-0.4, -0.2) is 37.2 Å². The second kappa shape index (κ2) is 6.36. The fraction of sp³-hybridized carbons (Fsp3) is 0.444. The van der Waals surface area contributed by atoms with Gasteiger partial charge in [0.2, 0.25) is 5.91 Å². The summed E-state index contributed by atoms with van der Waals surface area (Å²) in [7, 11) is 0. The minimum Gasteiger partial charge on any atom is -0.378 e. The molecule has 0 unspecified atom stereocenters. The van der Waals surface area contributed by atoms with Crippen molar-refractivity contribution in [2.45, 2.75) is 19.3 Å². The molecule has 2 aliphatic rings. The van der Waals surface area contributed by atoms with Crippen LogP contribution in [-0.2, 0) is 9.53 Å². The summed E-state index contributed by atoms with van der Waals surface area (Å²) < 4.78 is 19.8. The van der Waals surface area contributed by atoms with E-state index in [1.54, 1.807) is 6.07 Å². The Kier molecular flexibility index (Phi) is 4.06. The highest BCUT2D eigenvalue weighted by Gasteiger charge is 2.25. The fourth-order valence-electron chi connectivity index (χ4n) is 3.14. The first-order valence-corrected chi connectivity index (χ1v) is 8.44. The molecule has 1 aromatic carbocycles. The van der Waals surface area contributed by atoms with Crippen LogP contribution >= 0.6 is 0 Å². The number of amides is 1. The van der Waals surface area contributed by atoms with Crippen molar-refractivity contribution in [2.24, 2.45) is 5.92 Å². The van der Waals surface area contributed by atoms with Crippen LogP contribution in [0.1, 0.15) is 19.3 Å². The zero-order valence-corrected chi connectivity index (χ0v) is 13.4. The zero-order valence-electron chi connectivity index (χ0n) is 13.4. The Morgan fingerprint density at radius 3 is 2.75 bits per heavy atom. The number of ether oxygens (including phenoxy) is 1. The number of anilines is 2. The van der Waals surface area contributed by atoms with E-state index in [1.807, 2.05) is 12.1 Å². The second-order valence-electron chi connectivity index (χ2n) is 6.42. The molecule has 0 bridgehead atoms. The molecule has 2 aromatic rings. The SMILES string of the molecule is O=C(Nc1cc(F)c2nc(N3CCOCC3)ccc2c1)C1CCC1. The number of hydrogen-bond acceptors (Lipinski definition) is 4. The van der Waals surface area contributed by atoms with Gasteiger partial charge in [-0.2, -0.15) is 0 Å². The molecule has 1 N–H and O–H groups in total. The lowest BCUT2D eigenvalue weighted by Gasteiger charge is -2.28. The van der Waals surface area contributed by atoms with Gasteiger partial charge < -0.3 is 15.0 Å². The average Bonchev–Trinajstić information content (AvgIpc) is 2.54. The van der Waals surface area contributed by atoms with Gasteiger partial charge in [0.1, 0.15) is 11.3 Å². The second-order valence-corrected chi connectivity index (χ2v) is 6.42. The Bertz CT molecular complexity index is 770. The number of carbonyl (C=O) groups excluding carboxylic acids is 1. The first-order valence-electron chi connectivity index (χ1n) is 8.44. The van der Waals surface area contributed by atoms with Gasteiger partial charge in [-0.15, -0.1) is 0 Å². The molecule has 1 aliphatic carbocycles. The van der Waals surface area contributed by atoms with Crippen LogP contribution in [0.2, 0.25) is 0 Å². The molecule has 1 amide bonds. The van der Waals surface area contributed by atoms with Crippen molar-refractivity contribution in [2.75, 3.05) is 36.5 Å². The Balaban J connectivity index is 1.60. The van der Waals surface area contributed by atoms with Crippen molar-refractivity contribution in [3.63, 3.8) is 0 Å². The van der Waals surface area contributed by atoms with E-state index in [4.69, 9.17) is 4.74 Å². The Hall–Kier alpha value is -2.21. The van der Waals surface area contributed by atoms with E-state index in [1.165, 1.54) is 6.07 Å². The number of morpholine rings is 1. The molecular formula is C18H20FN3O2. The van der Waals surface area contributed by atoms with Crippen LogP contribution in [0.4, 0.5) is 15.9 Å². The van der Waals surface area contributed by atoms with E-state index >= 15 is 0 Å². The number of nitrogens with zero attached hydrogens (tertiary/aromatic N) is 2. The smallest absolute Gasteiger partial charge is 0.227 e. The van der Waals surface area contributed by atoms with Crippen LogP contribution in [0.25, 0.3) is 10.9 Å². The average molecular weight is 329 g/mol. The molecule has 126 valence electrons. The van der Waals surface area contributed by atoms with Crippen molar-refractivity contribution in [3.8, 4) is 0 Å². The van der Waals surface area contributed by atoms with Crippen molar-refractivity contribution >= 4 is 28.3 Å². The summed E-state index contributed by atoms with van der Waals surface area (Å²) in [5, 5.41) is 3.51. The molecule has 1 saturated carbocycles. The number of carbonyl (C=O) groups is 1. The van der Waals surface area contributed by atoms with E-state index in [2.05, 4.69) is 15.2 Å². The van der Waals surface area contributed by atoms with Crippen LogP contribution in [0.15, 0.2) is 24.3 Å². The van der Waals surface area contributed by atoms with Crippen LogP contribution in [0, 0.1) is 11.7 Å². The highest BCUT2D eigenvalue weighted by atomic mass is 19.1. The van der Waals surface area contributed by atoms with Gasteiger partial charge >= 0.3 is 0 Å². The molecule has 1 aliphatic heterocycles. The summed E-state index contributed by atoms with van der Waals surface area (Å²) in [6.45, 7) is 2.84. The number of benzene rings is 1. The molecule has 6 heteroatoms. The largest absolute Gasteiger partial charge is 0.378 e. The van der Waals surface area contributed by atoms with Crippen molar-refractivity contribution in [1.29, 1.82) is 0 Å². The lowest BCUT2D eigenvalue weighted by molar-refractivity contribution is -0.122. The molecule has 2 heterocycles. The Morgan fingerprint density at radius 1 is 1.25 bits per heavy atom. The molecule has 2 fully saturated rings. The molecular weight excluding hydrogens is 309 g/mol. The minimum absolute atomic E-state index is 0.0158. The molecule has 5 nitrogen and oxygen atoms in total. The third-order valence-electron chi connectivity index (χ3n) is 4.81. The summed E-state index contributed by atoms with van der Waals surface area (Å²) in [6.07, 6.45) is 2.94. The van der Waals surface area contributed by atoms with E-state index in [9.17, 15) is 9.18 Å². The molecule has 1 saturated heterocycles. The van der Waals surface area contributed by atoms with E-state index < -0.39 is 5.82 Å². The number of nitrogens with one attached hydrogen (secondary N) is 1. The standard InChI is InChI=1S/C18H20FN3O2/c19-15-11-14(20-18(23)12-2-1-3-12)10-13-4-5-16(21-17(13)15)22-6-8-24-9-7-22/h4-5,10-12H,1-3,6-9H2,(H,20,23). The molecule has 1 aromatic heterocycles. The van der Waals surface area contributed by atoms with Gasteiger partial charge in [0.15, 0.2) is 5.82 Å². The molecule has 24 heavy (non-hydrogen) atoms. The summed E-state index contributed by atoms with van der Waals surface area (Å²) in [6, 6.07) is 6.89. The number of pyridine rings is 1. The number of aromatic nitrogens is 1. The number of halogens is 1. The quantitative estimate of drug-likeness (QED) is 0.941. The van der Waals surface area contributed by atoms with Gasteiger partial charge in [0.05, 0.1) is 13.2 Å². The van der Waals surface area contributed by atoms with Crippen LogP contribution < -0.4 is 10.2 Å². The van der Waals surface area contributed by atoms with Crippen LogP contribution in [0.3, 0.4) is 0 Å². The van der Waals surface area contributed by atoms with Gasteiger partial charge in [-0.1, -0.05) is 6.42 Å². The van der Waals surface area contributed by atoms with E-state index in [0.717, 1.165) is 38.2 Å². The van der Waals surface area contributed by atoms with Crippen molar-refractivity contribution < 1.29 is 13.9 Å². The topological polar surface area (TPSA) is 54.5 Å². The third-order valence-corrected chi connectivity index (χ3v) is 4.81. The Labute approximate surface area is 139 Å². The maximum absolute atomic E-state index is 14.5. The minimum atomic E-state index is -0.411. The predicted molar refractivity (Wildman–Crippen MR) is 90.7 cm³/mol. The molecule has 0 spiro atoms. The molecule has 0 radical (unpaired) electrons. The predicted octanol–water partition coefficient (Wildman–Crippen LogP) is 2.95. The van der Waals surface area contributed by atoms with Gasteiger partial charge in [0.25, 0.3) is 0 Å². The van der Waals surface area contributed by atoms with Crippen molar-refractivity contribution in [3.05, 3.63) is 30.1 Å². The lowest BCUT2D eigenvalue weighted by atomic mass is 9.85. The molecule has 0 atom stereocenters. The van der Waals surface area contributed by atoms with E-state index in [0.29, 0.717) is 29.8 Å². The summed E-state index contributed by atoms with van der Waals surface area (Å²) in [5.41, 5.74) is 0.832. The highest BCUT2D eigenvalue weighted by molar-refractivity contribution is 5.95. The zero-order chi connectivity index (χ0) is 16.5. The van der Waals surface area contributed by atoms with Gasteiger partial charge in [0, 0.05) is 30.1 Å². The van der Waals surface area contributed by atoms with Crippen LogP contribution in [0.5, 0.6) is 0 Å². The summed E-state index contributed by atoms with van der Waals surface area (Å²) in [4.78, 5) is 18.6. The maximum atomic E-state index is 14.5. The number of fused-ring (bicyclic) bond motifs is 1. The lowest BCUT2D eigenvalue weighted by Crippen LogP contribution is -2.36. The van der Waals surface area contributed by atoms with Crippen molar-refractivity contribution in [1.82, 2.24) is 4.98 Å². The van der Waals surface area contributed by atoms with Gasteiger partial charge in [-0.25, -0.2) is 9.37 Å². The fourth-order valence-corrected chi connectivity index (χ4v) is 3.14. The number of rotatable bonds is 3. The number of hydrogen-bond donors (Lipinski definition) is 1. The normalized spacial score (nSPS) is 18.5. The van der Waals surface area contributed by atoms with Gasteiger partial charge in [-0.3, -0.25) is 4.79 Å². The van der Waals surface area contributed by atoms with E-state index in [-0.39, 0.29) is 11.8 Å². The molecule has 4 rings (SSSR count). The summed E-state index contributed by atoms with van der Waals surface area (Å²) in [5.74, 6) is 0.408. The van der Waals surface area contributed by atoms with Gasteiger partial charge in [-0.05, 0) is 37.1 Å². The maximum Gasteiger partial charge on any atom is 0.227 e. The first kappa shape index (κ1) is 15.3. The summed E-state index contributed by atoms with van der Waals surface area (Å²) >= 11 is 0. The highest BCUT2D eigenvalue weighted by Crippen LogP contribution is 2.29.